The summed E-state index contributed by atoms with van der Waals surface area (Å²) in [4.78, 5) is 2.43. The van der Waals surface area contributed by atoms with E-state index >= 15 is 0 Å². The van der Waals surface area contributed by atoms with Gasteiger partial charge in [-0.05, 0) is 23.1 Å². The maximum absolute atomic E-state index is 13.3. The first-order valence-corrected chi connectivity index (χ1v) is 6.93. The monoisotopic (exact) mass is 265 g/mol. The summed E-state index contributed by atoms with van der Waals surface area (Å²) in [6, 6.07) is 6.49. The molecule has 0 saturated carbocycles. The molecule has 4 heteroatoms. The fraction of sp³-hybridized carbons (Fsp3) is 0.600. The van der Waals surface area contributed by atoms with E-state index in [4.69, 9.17) is 5.73 Å². The molecule has 1 aromatic carbocycles. The van der Waals surface area contributed by atoms with Gasteiger partial charge in [0.15, 0.2) is 0 Å². The number of halogens is 1. The Kier molecular flexibility index (Phi) is 4.55. The molecule has 1 unspecified atom stereocenters. The molecule has 1 aromatic rings. The van der Waals surface area contributed by atoms with Crippen molar-refractivity contribution in [2.24, 2.45) is 11.1 Å². The summed E-state index contributed by atoms with van der Waals surface area (Å²) in [7, 11) is 0. The van der Waals surface area contributed by atoms with Gasteiger partial charge < -0.3 is 16.0 Å². The Labute approximate surface area is 115 Å². The van der Waals surface area contributed by atoms with Gasteiger partial charge in [-0.1, -0.05) is 26.0 Å². The molecule has 1 aliphatic heterocycles. The number of nitrogens with zero attached hydrogens (tertiary/aromatic N) is 1. The smallest absolute Gasteiger partial charge is 0.123 e. The Balaban J connectivity index is 2.05. The normalized spacial score (nSPS) is 19.4. The number of rotatable bonds is 4. The van der Waals surface area contributed by atoms with Crippen LogP contribution in [0, 0.1) is 11.2 Å². The molecule has 1 saturated heterocycles. The molecule has 106 valence electrons. The van der Waals surface area contributed by atoms with E-state index in [-0.39, 0.29) is 17.3 Å². The maximum atomic E-state index is 13.3. The lowest BCUT2D eigenvalue weighted by Crippen LogP contribution is -2.49. The van der Waals surface area contributed by atoms with E-state index in [9.17, 15) is 4.39 Å². The largest absolute Gasteiger partial charge is 0.323 e. The predicted molar refractivity (Wildman–Crippen MR) is 76.4 cm³/mol. The number of benzene rings is 1. The summed E-state index contributed by atoms with van der Waals surface area (Å²) < 4.78 is 13.3. The fourth-order valence-corrected chi connectivity index (χ4v) is 2.70. The van der Waals surface area contributed by atoms with Crippen LogP contribution in [0.1, 0.15) is 25.5 Å². The van der Waals surface area contributed by atoms with Crippen LogP contribution in [0.25, 0.3) is 0 Å². The first-order chi connectivity index (χ1) is 8.99. The first kappa shape index (κ1) is 14.4. The van der Waals surface area contributed by atoms with Crippen LogP contribution in [0.4, 0.5) is 4.39 Å². The van der Waals surface area contributed by atoms with Gasteiger partial charge in [-0.15, -0.1) is 0 Å². The van der Waals surface area contributed by atoms with Crippen molar-refractivity contribution in [1.82, 2.24) is 10.2 Å². The lowest BCUT2D eigenvalue weighted by atomic mass is 9.80. The average molecular weight is 265 g/mol. The molecule has 1 atom stereocenters. The molecule has 19 heavy (non-hydrogen) atoms. The van der Waals surface area contributed by atoms with Crippen molar-refractivity contribution in [3.8, 4) is 0 Å². The highest BCUT2D eigenvalue weighted by atomic mass is 19.1. The molecule has 3 nitrogen and oxygen atoms in total. The van der Waals surface area contributed by atoms with Crippen LogP contribution in [0.15, 0.2) is 24.3 Å². The second kappa shape index (κ2) is 5.99. The van der Waals surface area contributed by atoms with Crippen LogP contribution >= 0.6 is 0 Å². The summed E-state index contributed by atoms with van der Waals surface area (Å²) in [5.41, 5.74) is 7.15. The van der Waals surface area contributed by atoms with Crippen LogP contribution in [-0.2, 0) is 0 Å². The lowest BCUT2D eigenvalue weighted by molar-refractivity contribution is 0.139. The summed E-state index contributed by atoms with van der Waals surface area (Å²) in [6.07, 6.45) is 0. The van der Waals surface area contributed by atoms with Crippen LogP contribution < -0.4 is 11.1 Å². The Morgan fingerprint density at radius 2 is 2.05 bits per heavy atom. The van der Waals surface area contributed by atoms with E-state index in [1.807, 2.05) is 6.07 Å². The van der Waals surface area contributed by atoms with Crippen molar-refractivity contribution in [3.05, 3.63) is 35.6 Å². The van der Waals surface area contributed by atoms with Gasteiger partial charge in [0.05, 0.1) is 0 Å². The standard InChI is InChI=1S/C15H24FN3/c1-15(2,11-19-8-6-18-7-9-19)14(17)12-4-3-5-13(16)10-12/h3-5,10,14,18H,6-9,11,17H2,1-2H3. The van der Waals surface area contributed by atoms with E-state index in [0.29, 0.717) is 0 Å². The molecule has 0 amide bonds. The maximum Gasteiger partial charge on any atom is 0.123 e. The number of nitrogens with two attached hydrogens (primary N) is 1. The molecule has 1 heterocycles. The average Bonchev–Trinajstić information content (AvgIpc) is 2.38. The first-order valence-electron chi connectivity index (χ1n) is 6.93. The molecular weight excluding hydrogens is 241 g/mol. The summed E-state index contributed by atoms with van der Waals surface area (Å²) >= 11 is 0. The van der Waals surface area contributed by atoms with Gasteiger partial charge in [0.2, 0.25) is 0 Å². The van der Waals surface area contributed by atoms with E-state index in [1.165, 1.54) is 6.07 Å². The third kappa shape index (κ3) is 3.75. The molecule has 2 rings (SSSR count). The molecule has 0 spiro atoms. The number of hydrogen-bond donors (Lipinski definition) is 2. The quantitative estimate of drug-likeness (QED) is 0.871. The van der Waals surface area contributed by atoms with Crippen LogP contribution in [0.2, 0.25) is 0 Å². The van der Waals surface area contributed by atoms with Crippen molar-refractivity contribution in [2.75, 3.05) is 32.7 Å². The lowest BCUT2D eigenvalue weighted by Gasteiger charge is -2.38. The molecule has 3 N–H and O–H groups in total. The summed E-state index contributed by atoms with van der Waals surface area (Å²) in [5, 5.41) is 3.35. The third-order valence-corrected chi connectivity index (χ3v) is 3.89. The van der Waals surface area contributed by atoms with E-state index in [1.54, 1.807) is 12.1 Å². The van der Waals surface area contributed by atoms with Crippen molar-refractivity contribution in [2.45, 2.75) is 19.9 Å². The SMILES string of the molecule is CC(C)(CN1CCNCC1)C(N)c1cccc(F)c1. The zero-order valence-electron chi connectivity index (χ0n) is 11.8. The topological polar surface area (TPSA) is 41.3 Å². The Morgan fingerprint density at radius 1 is 1.37 bits per heavy atom. The van der Waals surface area contributed by atoms with E-state index < -0.39 is 0 Å². The minimum atomic E-state index is -0.217. The van der Waals surface area contributed by atoms with Crippen molar-refractivity contribution >= 4 is 0 Å². The number of nitrogens with one attached hydrogen (secondary N) is 1. The van der Waals surface area contributed by atoms with Gasteiger partial charge in [0.1, 0.15) is 5.82 Å². The molecule has 0 radical (unpaired) electrons. The van der Waals surface area contributed by atoms with Gasteiger partial charge in [-0.3, -0.25) is 0 Å². The predicted octanol–water partition coefficient (Wildman–Crippen LogP) is 1.76. The van der Waals surface area contributed by atoms with Crippen molar-refractivity contribution < 1.29 is 4.39 Å². The second-order valence-electron chi connectivity index (χ2n) is 6.05. The van der Waals surface area contributed by atoms with Gasteiger partial charge in [0, 0.05) is 38.8 Å². The molecule has 0 aromatic heterocycles. The van der Waals surface area contributed by atoms with Gasteiger partial charge in [0.25, 0.3) is 0 Å². The Morgan fingerprint density at radius 3 is 2.68 bits per heavy atom. The van der Waals surface area contributed by atoms with Crippen LogP contribution in [0.5, 0.6) is 0 Å². The molecule has 1 aliphatic rings. The van der Waals surface area contributed by atoms with E-state index in [0.717, 1.165) is 38.3 Å². The molecular formula is C15H24FN3. The van der Waals surface area contributed by atoms with Crippen molar-refractivity contribution in [1.29, 1.82) is 0 Å². The fourth-order valence-electron chi connectivity index (χ4n) is 2.70. The zero-order valence-corrected chi connectivity index (χ0v) is 11.8. The van der Waals surface area contributed by atoms with E-state index in [2.05, 4.69) is 24.1 Å². The highest BCUT2D eigenvalue weighted by Gasteiger charge is 2.30. The van der Waals surface area contributed by atoms with Gasteiger partial charge >= 0.3 is 0 Å². The number of piperazine rings is 1. The van der Waals surface area contributed by atoms with Crippen molar-refractivity contribution in [3.63, 3.8) is 0 Å². The highest BCUT2D eigenvalue weighted by Crippen LogP contribution is 2.32. The number of hydrogen-bond acceptors (Lipinski definition) is 3. The highest BCUT2D eigenvalue weighted by molar-refractivity contribution is 5.21. The minimum Gasteiger partial charge on any atom is -0.323 e. The molecule has 0 aliphatic carbocycles. The summed E-state index contributed by atoms with van der Waals surface area (Å²) in [5.74, 6) is -0.217. The Hall–Kier alpha value is -0.970. The molecule has 1 fully saturated rings. The van der Waals surface area contributed by atoms with Crippen LogP contribution in [0.3, 0.4) is 0 Å². The van der Waals surface area contributed by atoms with Crippen LogP contribution in [-0.4, -0.2) is 37.6 Å². The molecule has 0 bridgehead atoms. The van der Waals surface area contributed by atoms with Gasteiger partial charge in [-0.2, -0.15) is 0 Å². The zero-order chi connectivity index (χ0) is 13.9. The van der Waals surface area contributed by atoms with Gasteiger partial charge in [-0.25, -0.2) is 4.39 Å². The third-order valence-electron chi connectivity index (χ3n) is 3.89. The second-order valence-corrected chi connectivity index (χ2v) is 6.05. The Bertz CT molecular complexity index is 414. The summed E-state index contributed by atoms with van der Waals surface area (Å²) in [6.45, 7) is 9.43. The minimum absolute atomic E-state index is 0.0782.